The van der Waals surface area contributed by atoms with E-state index in [-0.39, 0.29) is 23.7 Å². The maximum absolute atomic E-state index is 13.7. The molecule has 1 aromatic rings. The van der Waals surface area contributed by atoms with E-state index < -0.39 is 29.7 Å². The lowest BCUT2D eigenvalue weighted by molar-refractivity contribution is -0.144. The first-order chi connectivity index (χ1) is 14.7. The highest BCUT2D eigenvalue weighted by molar-refractivity contribution is 7.80. The van der Waals surface area contributed by atoms with E-state index >= 15 is 0 Å². The highest BCUT2D eigenvalue weighted by Gasteiger charge is 2.38. The van der Waals surface area contributed by atoms with Crippen LogP contribution in [0, 0.1) is 13.8 Å². The number of benzene rings is 1. The Hall–Kier alpha value is -2.22. The van der Waals surface area contributed by atoms with E-state index in [1.165, 1.54) is 4.90 Å². The van der Waals surface area contributed by atoms with Gasteiger partial charge in [0.1, 0.15) is 17.7 Å². The first-order valence-electron chi connectivity index (χ1n) is 11.0. The van der Waals surface area contributed by atoms with Gasteiger partial charge in [0.15, 0.2) is 0 Å². The number of nitrogens with zero attached hydrogens (tertiary/aromatic N) is 1. The molecule has 0 aliphatic carbocycles. The van der Waals surface area contributed by atoms with Gasteiger partial charge in [-0.25, -0.2) is 4.79 Å². The lowest BCUT2D eigenvalue weighted by Gasteiger charge is -2.38. The zero-order valence-corrected chi connectivity index (χ0v) is 21.7. The van der Waals surface area contributed by atoms with Crippen molar-refractivity contribution in [3.05, 3.63) is 34.9 Å². The average Bonchev–Trinajstić information content (AvgIpc) is 2.62. The molecule has 7 nitrogen and oxygen atoms in total. The second kappa shape index (κ2) is 11.6. The fraction of sp³-hybridized carbons (Fsp3) is 0.625. The van der Waals surface area contributed by atoms with Gasteiger partial charge in [-0.3, -0.25) is 9.59 Å². The molecule has 0 aliphatic rings. The monoisotopic (exact) mass is 465 g/mol. The van der Waals surface area contributed by atoms with Crippen molar-refractivity contribution in [3.8, 4) is 0 Å². The maximum Gasteiger partial charge on any atom is 0.408 e. The van der Waals surface area contributed by atoms with E-state index in [4.69, 9.17) is 4.74 Å². The highest BCUT2D eigenvalue weighted by atomic mass is 32.1. The standard InChI is InChI=1S/C24H39N3O4S/c1-14(2)25-21(28)20(19-16(5)11-10-12-17(19)6)27(15(3)4)22(29)18(13-32)26-23(30)31-24(7,8)9/h10-12,14-15,18,20,32H,13H2,1-9H3,(H,25,28)(H,26,30). The van der Waals surface area contributed by atoms with Gasteiger partial charge < -0.3 is 20.3 Å². The van der Waals surface area contributed by atoms with Crippen LogP contribution in [0.3, 0.4) is 0 Å². The number of nitrogens with one attached hydrogen (secondary N) is 2. The number of amides is 3. The molecule has 2 unspecified atom stereocenters. The van der Waals surface area contributed by atoms with Gasteiger partial charge in [0.2, 0.25) is 11.8 Å². The van der Waals surface area contributed by atoms with Crippen LogP contribution in [0.5, 0.6) is 0 Å². The van der Waals surface area contributed by atoms with Crippen LogP contribution in [0.4, 0.5) is 4.79 Å². The van der Waals surface area contributed by atoms with Gasteiger partial charge in [0.25, 0.3) is 0 Å². The molecule has 1 aromatic carbocycles. The third-order valence-corrected chi connectivity index (χ3v) is 5.12. The van der Waals surface area contributed by atoms with Crippen molar-refractivity contribution in [1.82, 2.24) is 15.5 Å². The summed E-state index contributed by atoms with van der Waals surface area (Å²) >= 11 is 4.29. The summed E-state index contributed by atoms with van der Waals surface area (Å²) in [6, 6.07) is 3.56. The van der Waals surface area contributed by atoms with Gasteiger partial charge >= 0.3 is 6.09 Å². The van der Waals surface area contributed by atoms with E-state index in [0.29, 0.717) is 0 Å². The van der Waals surface area contributed by atoms with Crippen LogP contribution in [-0.4, -0.2) is 52.3 Å². The van der Waals surface area contributed by atoms with Crippen molar-refractivity contribution in [1.29, 1.82) is 0 Å². The minimum atomic E-state index is -0.950. The van der Waals surface area contributed by atoms with E-state index in [2.05, 4.69) is 23.3 Å². The molecule has 0 saturated heterocycles. The van der Waals surface area contributed by atoms with Gasteiger partial charge in [0.05, 0.1) is 0 Å². The number of alkyl carbamates (subject to hydrolysis) is 1. The Balaban J connectivity index is 3.46. The third kappa shape index (κ3) is 7.73. The minimum Gasteiger partial charge on any atom is -0.444 e. The minimum absolute atomic E-state index is 0.0621. The molecule has 2 N–H and O–H groups in total. The molecular weight excluding hydrogens is 426 g/mol. The summed E-state index contributed by atoms with van der Waals surface area (Å²) in [6.07, 6.45) is -0.705. The number of carbonyl (C=O) groups is 3. The van der Waals surface area contributed by atoms with Crippen LogP contribution in [0.2, 0.25) is 0 Å². The number of aryl methyl sites for hydroxylation is 2. The van der Waals surface area contributed by atoms with E-state index in [9.17, 15) is 14.4 Å². The fourth-order valence-electron chi connectivity index (χ4n) is 3.51. The van der Waals surface area contributed by atoms with Crippen LogP contribution in [0.1, 0.15) is 71.2 Å². The predicted molar refractivity (Wildman–Crippen MR) is 131 cm³/mol. The van der Waals surface area contributed by atoms with E-state index in [1.54, 1.807) is 20.8 Å². The second-order valence-corrected chi connectivity index (χ2v) is 9.96. The molecule has 0 fully saturated rings. The lowest BCUT2D eigenvalue weighted by atomic mass is 9.92. The van der Waals surface area contributed by atoms with Crippen LogP contribution in [0.15, 0.2) is 18.2 Å². The molecule has 0 aromatic heterocycles. The number of carbonyl (C=O) groups excluding carboxylic acids is 3. The second-order valence-electron chi connectivity index (χ2n) is 9.59. The first kappa shape index (κ1) is 27.8. The maximum atomic E-state index is 13.7. The molecule has 0 saturated carbocycles. The SMILES string of the molecule is Cc1cccc(C)c1C(C(=O)NC(C)C)N(C(=O)C(CS)NC(=O)OC(C)(C)C)C(C)C. The summed E-state index contributed by atoms with van der Waals surface area (Å²) in [5, 5.41) is 5.56. The summed E-state index contributed by atoms with van der Waals surface area (Å²) in [7, 11) is 0. The zero-order chi connectivity index (χ0) is 24.8. The largest absolute Gasteiger partial charge is 0.444 e. The Bertz CT molecular complexity index is 798. The number of rotatable bonds is 8. The summed E-state index contributed by atoms with van der Waals surface area (Å²) in [6.45, 7) is 16.6. The van der Waals surface area contributed by atoms with Crippen molar-refractivity contribution >= 4 is 30.5 Å². The number of hydrogen-bond acceptors (Lipinski definition) is 5. The van der Waals surface area contributed by atoms with Gasteiger partial charge in [-0.15, -0.1) is 0 Å². The molecular formula is C24H39N3O4S. The molecule has 0 heterocycles. The van der Waals surface area contributed by atoms with Gasteiger partial charge in [-0.05, 0) is 79.0 Å². The normalized spacial score (nSPS) is 13.5. The van der Waals surface area contributed by atoms with Gasteiger partial charge in [0, 0.05) is 17.8 Å². The first-order valence-corrected chi connectivity index (χ1v) is 11.6. The van der Waals surface area contributed by atoms with E-state index in [0.717, 1.165) is 16.7 Å². The van der Waals surface area contributed by atoms with Gasteiger partial charge in [-0.2, -0.15) is 12.6 Å². The third-order valence-electron chi connectivity index (χ3n) is 4.76. The van der Waals surface area contributed by atoms with Crippen LogP contribution in [0.25, 0.3) is 0 Å². The van der Waals surface area contributed by atoms with Crippen molar-refractivity contribution in [3.63, 3.8) is 0 Å². The molecule has 0 bridgehead atoms. The molecule has 2 atom stereocenters. The summed E-state index contributed by atoms with van der Waals surface area (Å²) in [5.74, 6) is -0.603. The van der Waals surface area contributed by atoms with Crippen LogP contribution >= 0.6 is 12.6 Å². The zero-order valence-electron chi connectivity index (χ0n) is 20.8. The molecule has 0 radical (unpaired) electrons. The number of hydrogen-bond donors (Lipinski definition) is 3. The highest BCUT2D eigenvalue weighted by Crippen LogP contribution is 2.30. The van der Waals surface area contributed by atoms with Crippen molar-refractivity contribution in [2.75, 3.05) is 5.75 Å². The van der Waals surface area contributed by atoms with E-state index in [1.807, 2.05) is 59.7 Å². The van der Waals surface area contributed by atoms with Crippen molar-refractivity contribution < 1.29 is 19.1 Å². The molecule has 0 spiro atoms. The average molecular weight is 466 g/mol. The Kier molecular flexibility index (Phi) is 10.1. The molecule has 0 aliphatic heterocycles. The van der Waals surface area contributed by atoms with Gasteiger partial charge in [-0.1, -0.05) is 18.2 Å². The smallest absolute Gasteiger partial charge is 0.408 e. The van der Waals surface area contributed by atoms with Crippen LogP contribution < -0.4 is 10.6 Å². The predicted octanol–water partition coefficient (Wildman–Crippen LogP) is 3.93. The topological polar surface area (TPSA) is 87.7 Å². The Morgan fingerprint density at radius 3 is 1.97 bits per heavy atom. The number of thiol groups is 1. The number of ether oxygens (including phenoxy) is 1. The summed E-state index contributed by atoms with van der Waals surface area (Å²) in [5.41, 5.74) is 1.90. The summed E-state index contributed by atoms with van der Waals surface area (Å²) < 4.78 is 5.31. The lowest BCUT2D eigenvalue weighted by Crippen LogP contribution is -2.56. The molecule has 8 heteroatoms. The Morgan fingerprint density at radius 1 is 1.03 bits per heavy atom. The summed E-state index contributed by atoms with van der Waals surface area (Å²) in [4.78, 5) is 40.9. The Morgan fingerprint density at radius 2 is 1.56 bits per heavy atom. The molecule has 3 amide bonds. The van der Waals surface area contributed by atoms with Crippen molar-refractivity contribution in [2.45, 2.75) is 92.1 Å². The molecule has 1 rings (SSSR count). The molecule has 180 valence electrons. The quantitative estimate of drug-likeness (QED) is 0.508. The fourth-order valence-corrected chi connectivity index (χ4v) is 3.76. The molecule has 32 heavy (non-hydrogen) atoms. The Labute approximate surface area is 198 Å². The van der Waals surface area contributed by atoms with Crippen molar-refractivity contribution in [2.24, 2.45) is 0 Å². The van der Waals surface area contributed by atoms with Crippen LogP contribution in [-0.2, 0) is 14.3 Å².